The standard InChI is InChI=1S/C23H22ClN5O3S2/c24-19-2-1-17-11-22(33-21(17)12-19)34(31,32)28-8-9-29(20(15-28)5-10-30)23-26-13-18(14-27-23)16-3-6-25-7-4-16/h1-4,6-7,11-14,20,30H,5,8-10,15H2. The number of aliphatic hydroxyl groups is 1. The third kappa shape index (κ3) is 4.51. The number of aromatic nitrogens is 3. The summed E-state index contributed by atoms with van der Waals surface area (Å²) < 4.78 is 29.5. The number of thiophene rings is 1. The Labute approximate surface area is 206 Å². The molecule has 0 saturated carbocycles. The Hall–Kier alpha value is -2.63. The van der Waals surface area contributed by atoms with Gasteiger partial charge in [0.2, 0.25) is 5.95 Å². The fourth-order valence-electron chi connectivity index (χ4n) is 4.10. The maximum atomic E-state index is 13.4. The van der Waals surface area contributed by atoms with Crippen LogP contribution < -0.4 is 4.90 Å². The Morgan fingerprint density at radius 1 is 1.06 bits per heavy atom. The van der Waals surface area contributed by atoms with Gasteiger partial charge in [0.15, 0.2) is 0 Å². The number of hydrogen-bond acceptors (Lipinski definition) is 8. The molecule has 0 spiro atoms. The number of hydrogen-bond donors (Lipinski definition) is 1. The molecule has 0 radical (unpaired) electrons. The van der Waals surface area contributed by atoms with Crippen LogP contribution in [0, 0.1) is 0 Å². The van der Waals surface area contributed by atoms with Crippen molar-refractivity contribution in [1.82, 2.24) is 19.3 Å². The van der Waals surface area contributed by atoms with E-state index in [9.17, 15) is 13.5 Å². The summed E-state index contributed by atoms with van der Waals surface area (Å²) in [6.45, 7) is 0.906. The maximum absolute atomic E-state index is 13.4. The molecule has 1 atom stereocenters. The molecular weight excluding hydrogens is 494 g/mol. The number of aliphatic hydroxyl groups excluding tert-OH is 1. The van der Waals surface area contributed by atoms with Gasteiger partial charge in [0.1, 0.15) is 4.21 Å². The SMILES string of the molecule is O=S(=O)(c1cc2ccc(Cl)cc2s1)N1CCN(c2ncc(-c3ccncc3)cn2)C(CCO)C1. The van der Waals surface area contributed by atoms with Crippen LogP contribution in [0.1, 0.15) is 6.42 Å². The van der Waals surface area contributed by atoms with Crippen molar-refractivity contribution in [3.05, 3.63) is 66.2 Å². The number of benzene rings is 1. The van der Waals surface area contributed by atoms with Crippen molar-refractivity contribution in [3.63, 3.8) is 0 Å². The highest BCUT2D eigenvalue weighted by Crippen LogP contribution is 2.34. The summed E-state index contributed by atoms with van der Waals surface area (Å²) in [7, 11) is -3.68. The van der Waals surface area contributed by atoms with Crippen LogP contribution >= 0.6 is 22.9 Å². The Morgan fingerprint density at radius 3 is 2.56 bits per heavy atom. The van der Waals surface area contributed by atoms with Crippen LogP contribution in [0.25, 0.3) is 21.2 Å². The lowest BCUT2D eigenvalue weighted by atomic mass is 10.1. The van der Waals surface area contributed by atoms with Gasteiger partial charge in [-0.1, -0.05) is 17.7 Å². The van der Waals surface area contributed by atoms with E-state index in [0.29, 0.717) is 34.7 Å². The predicted molar refractivity (Wildman–Crippen MR) is 134 cm³/mol. The minimum atomic E-state index is -3.68. The number of anilines is 1. The molecule has 1 saturated heterocycles. The molecule has 0 amide bonds. The molecule has 1 aliphatic heterocycles. The van der Waals surface area contributed by atoms with Gasteiger partial charge < -0.3 is 10.0 Å². The molecule has 0 aliphatic carbocycles. The Morgan fingerprint density at radius 2 is 1.82 bits per heavy atom. The van der Waals surface area contributed by atoms with Gasteiger partial charge in [-0.2, -0.15) is 4.31 Å². The van der Waals surface area contributed by atoms with Crippen molar-refractivity contribution in [2.75, 3.05) is 31.1 Å². The summed E-state index contributed by atoms with van der Waals surface area (Å²) in [5.41, 5.74) is 1.84. The van der Waals surface area contributed by atoms with Gasteiger partial charge in [0.05, 0.1) is 0 Å². The van der Waals surface area contributed by atoms with Gasteiger partial charge in [-0.05, 0) is 47.7 Å². The number of piperazine rings is 1. The monoisotopic (exact) mass is 515 g/mol. The molecule has 1 aliphatic rings. The molecule has 1 N–H and O–H groups in total. The van der Waals surface area contributed by atoms with Crippen LogP contribution in [-0.4, -0.2) is 65.1 Å². The zero-order valence-electron chi connectivity index (χ0n) is 18.1. The van der Waals surface area contributed by atoms with Crippen LogP contribution in [0.3, 0.4) is 0 Å². The Kier molecular flexibility index (Phi) is 6.50. The number of rotatable bonds is 6. The van der Waals surface area contributed by atoms with Crippen LogP contribution in [0.4, 0.5) is 5.95 Å². The highest BCUT2D eigenvalue weighted by atomic mass is 35.5. The van der Waals surface area contributed by atoms with E-state index >= 15 is 0 Å². The Balaban J connectivity index is 1.37. The molecule has 8 nitrogen and oxygen atoms in total. The maximum Gasteiger partial charge on any atom is 0.252 e. The molecule has 4 aromatic rings. The summed E-state index contributed by atoms with van der Waals surface area (Å²) in [4.78, 5) is 15.1. The smallest absolute Gasteiger partial charge is 0.252 e. The quantitative estimate of drug-likeness (QED) is 0.418. The second-order valence-electron chi connectivity index (χ2n) is 7.98. The summed E-state index contributed by atoms with van der Waals surface area (Å²) >= 11 is 7.28. The first kappa shape index (κ1) is 23.1. The van der Waals surface area contributed by atoms with Crippen molar-refractivity contribution >= 4 is 49.0 Å². The van der Waals surface area contributed by atoms with E-state index in [0.717, 1.165) is 21.2 Å². The first-order chi connectivity index (χ1) is 16.5. The van der Waals surface area contributed by atoms with Crippen LogP contribution in [0.2, 0.25) is 5.02 Å². The molecule has 1 fully saturated rings. The van der Waals surface area contributed by atoms with E-state index in [2.05, 4.69) is 15.0 Å². The molecule has 1 unspecified atom stereocenters. The lowest BCUT2D eigenvalue weighted by molar-refractivity contribution is 0.244. The Bertz CT molecular complexity index is 1400. The largest absolute Gasteiger partial charge is 0.396 e. The number of sulfonamides is 1. The highest BCUT2D eigenvalue weighted by Gasteiger charge is 2.36. The molecule has 11 heteroatoms. The first-order valence-corrected chi connectivity index (χ1v) is 13.4. The molecule has 34 heavy (non-hydrogen) atoms. The van der Waals surface area contributed by atoms with E-state index < -0.39 is 10.0 Å². The number of pyridine rings is 1. The summed E-state index contributed by atoms with van der Waals surface area (Å²) in [6.07, 6.45) is 7.33. The van der Waals surface area contributed by atoms with Gasteiger partial charge in [0, 0.05) is 72.4 Å². The molecule has 5 rings (SSSR count). The van der Waals surface area contributed by atoms with Crippen molar-refractivity contribution in [2.24, 2.45) is 0 Å². The molecule has 0 bridgehead atoms. The summed E-state index contributed by atoms with van der Waals surface area (Å²) in [5, 5.41) is 11.1. The average Bonchev–Trinajstić information content (AvgIpc) is 3.29. The molecule has 3 aromatic heterocycles. The van der Waals surface area contributed by atoms with Crippen molar-refractivity contribution in [2.45, 2.75) is 16.7 Å². The predicted octanol–water partition coefficient (Wildman–Crippen LogP) is 3.67. The first-order valence-electron chi connectivity index (χ1n) is 10.7. The highest BCUT2D eigenvalue weighted by molar-refractivity contribution is 7.91. The molecule has 4 heterocycles. The van der Waals surface area contributed by atoms with Crippen molar-refractivity contribution < 1.29 is 13.5 Å². The van der Waals surface area contributed by atoms with Crippen LogP contribution in [-0.2, 0) is 10.0 Å². The third-order valence-corrected chi connectivity index (χ3v) is 9.52. The van der Waals surface area contributed by atoms with Gasteiger partial charge in [-0.25, -0.2) is 18.4 Å². The van der Waals surface area contributed by atoms with Crippen molar-refractivity contribution in [1.29, 1.82) is 0 Å². The third-order valence-electron chi connectivity index (χ3n) is 5.87. The fraction of sp³-hybridized carbons (Fsp3) is 0.261. The van der Waals surface area contributed by atoms with E-state index in [1.165, 1.54) is 15.6 Å². The molecule has 176 valence electrons. The lowest BCUT2D eigenvalue weighted by Crippen LogP contribution is -2.55. The summed E-state index contributed by atoms with van der Waals surface area (Å²) in [6, 6.07) is 10.6. The van der Waals surface area contributed by atoms with Gasteiger partial charge >= 0.3 is 0 Å². The van der Waals surface area contributed by atoms with E-state index in [4.69, 9.17) is 11.6 Å². The van der Waals surface area contributed by atoms with E-state index in [-0.39, 0.29) is 19.2 Å². The second kappa shape index (κ2) is 9.55. The van der Waals surface area contributed by atoms with Crippen molar-refractivity contribution in [3.8, 4) is 11.1 Å². The number of nitrogens with zero attached hydrogens (tertiary/aromatic N) is 5. The average molecular weight is 516 g/mol. The lowest BCUT2D eigenvalue weighted by Gasteiger charge is -2.40. The molecular formula is C23H22ClN5O3S2. The van der Waals surface area contributed by atoms with Crippen LogP contribution in [0.5, 0.6) is 0 Å². The van der Waals surface area contributed by atoms with E-state index in [1.807, 2.05) is 23.1 Å². The zero-order valence-corrected chi connectivity index (χ0v) is 20.5. The van der Waals surface area contributed by atoms with Crippen LogP contribution in [0.15, 0.2) is 65.4 Å². The molecule has 1 aromatic carbocycles. The summed E-state index contributed by atoms with van der Waals surface area (Å²) in [5.74, 6) is 0.518. The number of halogens is 1. The fourth-order valence-corrected chi connectivity index (χ4v) is 7.40. The second-order valence-corrected chi connectivity index (χ2v) is 11.7. The number of fused-ring (bicyclic) bond motifs is 1. The van der Waals surface area contributed by atoms with E-state index in [1.54, 1.807) is 43.0 Å². The minimum absolute atomic E-state index is 0.0639. The topological polar surface area (TPSA) is 99.5 Å². The normalized spacial score (nSPS) is 17.4. The van der Waals surface area contributed by atoms with Gasteiger partial charge in [0.25, 0.3) is 10.0 Å². The van der Waals surface area contributed by atoms with Gasteiger partial charge in [-0.15, -0.1) is 11.3 Å². The van der Waals surface area contributed by atoms with Gasteiger partial charge in [-0.3, -0.25) is 4.98 Å². The minimum Gasteiger partial charge on any atom is -0.396 e. The zero-order chi connectivity index (χ0) is 23.7.